The van der Waals surface area contributed by atoms with E-state index in [0.29, 0.717) is 13.2 Å². The molecule has 1 saturated heterocycles. The van der Waals surface area contributed by atoms with Crippen molar-refractivity contribution in [2.24, 2.45) is 11.3 Å². The summed E-state index contributed by atoms with van der Waals surface area (Å²) in [5.41, 5.74) is 5.93. The number of hydrogen-bond donors (Lipinski definition) is 1. The van der Waals surface area contributed by atoms with Gasteiger partial charge >= 0.3 is 5.97 Å². The number of aromatic nitrogens is 1. The third-order valence-electron chi connectivity index (χ3n) is 8.78. The molecular weight excluding hydrogens is 506 g/mol. The number of pyridine rings is 1. The van der Waals surface area contributed by atoms with E-state index in [2.05, 4.69) is 41.4 Å². The Balaban J connectivity index is 1.28. The molecule has 3 heterocycles. The van der Waals surface area contributed by atoms with Gasteiger partial charge in [-0.25, -0.2) is 4.98 Å². The summed E-state index contributed by atoms with van der Waals surface area (Å²) in [6.45, 7) is 5.48. The van der Waals surface area contributed by atoms with Crippen LogP contribution in [0.25, 0.3) is 11.3 Å². The first-order valence-electron chi connectivity index (χ1n) is 13.9. The van der Waals surface area contributed by atoms with Crippen molar-refractivity contribution in [2.75, 3.05) is 45.9 Å². The van der Waals surface area contributed by atoms with Gasteiger partial charge in [-0.3, -0.25) is 4.79 Å². The Morgan fingerprint density at radius 2 is 2.00 bits per heavy atom. The summed E-state index contributed by atoms with van der Waals surface area (Å²) in [6.07, 6.45) is 1.81. The van der Waals surface area contributed by atoms with Crippen LogP contribution >= 0.6 is 0 Å². The predicted octanol–water partition coefficient (Wildman–Crippen LogP) is 4.30. The Morgan fingerprint density at radius 3 is 2.80 bits per heavy atom. The average molecular weight is 544 g/mol. The van der Waals surface area contributed by atoms with E-state index in [1.165, 1.54) is 18.2 Å². The summed E-state index contributed by atoms with van der Waals surface area (Å²) in [5, 5.41) is 3.42. The van der Waals surface area contributed by atoms with Crippen molar-refractivity contribution in [3.05, 3.63) is 70.8 Å². The molecule has 0 spiro atoms. The zero-order valence-corrected chi connectivity index (χ0v) is 23.7. The highest BCUT2D eigenvalue weighted by Crippen LogP contribution is 2.62. The molecule has 0 radical (unpaired) electrons. The average Bonchev–Trinajstić information content (AvgIpc) is 3.63. The lowest BCUT2D eigenvalue weighted by Crippen LogP contribution is -2.44. The number of nitrogens with zero attached hydrogens (tertiary/aromatic N) is 2. The van der Waals surface area contributed by atoms with Gasteiger partial charge in [-0.1, -0.05) is 24.3 Å². The molecule has 8 nitrogen and oxygen atoms in total. The van der Waals surface area contributed by atoms with Crippen LogP contribution < -0.4 is 19.7 Å². The Labute approximate surface area is 235 Å². The first kappa shape index (κ1) is 26.6. The number of carbonyl (C=O) groups excluding carboxylic acids is 1. The molecule has 210 valence electrons. The minimum Gasteiger partial charge on any atom is -0.496 e. The van der Waals surface area contributed by atoms with Crippen molar-refractivity contribution in [3.8, 4) is 22.8 Å². The molecule has 3 aromatic rings. The van der Waals surface area contributed by atoms with E-state index in [-0.39, 0.29) is 17.9 Å². The van der Waals surface area contributed by atoms with Gasteiger partial charge in [-0.15, -0.1) is 0 Å². The largest absolute Gasteiger partial charge is 0.496 e. The van der Waals surface area contributed by atoms with Crippen molar-refractivity contribution in [3.63, 3.8) is 0 Å². The molecule has 3 aliphatic rings. The molecule has 0 amide bonds. The lowest BCUT2D eigenvalue weighted by molar-refractivity contribution is -0.148. The van der Waals surface area contributed by atoms with E-state index >= 15 is 0 Å². The number of carbonyl (C=O) groups is 1. The number of para-hydroxylation sites is 1. The second-order valence-electron chi connectivity index (χ2n) is 11.0. The molecule has 2 fully saturated rings. The Morgan fingerprint density at radius 1 is 1.15 bits per heavy atom. The van der Waals surface area contributed by atoms with Crippen LogP contribution in [0.3, 0.4) is 0 Å². The minimum atomic E-state index is -0.508. The van der Waals surface area contributed by atoms with Gasteiger partial charge in [0.2, 0.25) is 0 Å². The first-order valence-corrected chi connectivity index (χ1v) is 13.9. The fourth-order valence-electron chi connectivity index (χ4n) is 6.68. The van der Waals surface area contributed by atoms with Gasteiger partial charge in [0, 0.05) is 31.3 Å². The number of fused-ring (bicyclic) bond motifs is 2. The smallest absolute Gasteiger partial charge is 0.314 e. The summed E-state index contributed by atoms with van der Waals surface area (Å²) in [4.78, 5) is 20.1. The maximum absolute atomic E-state index is 12.8. The SMILES string of the molecule is COC[C@H]1N(c2cccc(-c3cccc(C)c3OCc3cc4c(c(OC)c3)CNCC4)n2)C[C@@H]2C[C@@]21C(=O)OC. The number of benzene rings is 2. The van der Waals surface area contributed by atoms with Crippen LogP contribution in [0, 0.1) is 18.3 Å². The number of ether oxygens (including phenoxy) is 4. The molecule has 1 saturated carbocycles. The Bertz CT molecular complexity index is 1410. The van der Waals surface area contributed by atoms with Crippen LogP contribution in [-0.4, -0.2) is 58.0 Å². The zero-order chi connectivity index (χ0) is 27.9. The number of hydrogen-bond acceptors (Lipinski definition) is 8. The minimum absolute atomic E-state index is 0.111. The molecule has 0 bridgehead atoms. The Hall–Kier alpha value is -3.62. The van der Waals surface area contributed by atoms with Crippen molar-refractivity contribution in [1.82, 2.24) is 10.3 Å². The van der Waals surface area contributed by atoms with E-state index in [9.17, 15) is 4.79 Å². The van der Waals surface area contributed by atoms with Crippen LogP contribution in [0.15, 0.2) is 48.5 Å². The number of aryl methyl sites for hydroxylation is 1. The van der Waals surface area contributed by atoms with Crippen LogP contribution in [0.2, 0.25) is 0 Å². The standard InChI is InChI=1S/C32H37N3O5/c1-20-7-5-8-24(30(20)40-18-21-13-22-11-12-33-16-25(22)27(14-21)38-3)26-9-6-10-29(34-26)35-17-23-15-32(23,31(36)39-4)28(35)19-37-2/h5-10,13-14,23,28,33H,11-12,15-19H2,1-4H3/t23-,28+,32+/m0/s1. The summed E-state index contributed by atoms with van der Waals surface area (Å²) < 4.78 is 23.0. The van der Waals surface area contributed by atoms with Crippen LogP contribution in [0.4, 0.5) is 5.82 Å². The fourth-order valence-corrected chi connectivity index (χ4v) is 6.68. The highest BCUT2D eigenvalue weighted by molar-refractivity contribution is 5.84. The maximum atomic E-state index is 12.8. The molecule has 2 aromatic carbocycles. The van der Waals surface area contributed by atoms with Gasteiger partial charge in [0.15, 0.2) is 0 Å². The normalized spacial score (nSPS) is 22.9. The molecule has 1 aliphatic carbocycles. The highest BCUT2D eigenvalue weighted by atomic mass is 16.5. The van der Waals surface area contributed by atoms with Crippen molar-refractivity contribution < 1.29 is 23.7 Å². The lowest BCUT2D eigenvalue weighted by Gasteiger charge is -2.31. The summed E-state index contributed by atoms with van der Waals surface area (Å²) in [6, 6.07) is 16.4. The van der Waals surface area contributed by atoms with Crippen molar-refractivity contribution in [1.29, 1.82) is 0 Å². The van der Waals surface area contributed by atoms with Gasteiger partial charge in [-0.2, -0.15) is 0 Å². The first-order chi connectivity index (χ1) is 19.5. The summed E-state index contributed by atoms with van der Waals surface area (Å²) in [7, 11) is 4.86. The molecular formula is C32H37N3O5. The molecule has 6 rings (SSSR count). The summed E-state index contributed by atoms with van der Waals surface area (Å²) >= 11 is 0. The number of rotatable bonds is 9. The number of esters is 1. The number of methoxy groups -OCH3 is 3. The maximum Gasteiger partial charge on any atom is 0.314 e. The Kier molecular flexibility index (Phi) is 7.15. The van der Waals surface area contributed by atoms with Gasteiger partial charge in [-0.05, 0) is 73.2 Å². The topological polar surface area (TPSA) is 82.2 Å². The van der Waals surface area contributed by atoms with E-state index in [1.807, 2.05) is 24.3 Å². The molecule has 2 aliphatic heterocycles. The third kappa shape index (κ3) is 4.49. The van der Waals surface area contributed by atoms with Crippen LogP contribution in [-0.2, 0) is 33.8 Å². The molecule has 40 heavy (non-hydrogen) atoms. The van der Waals surface area contributed by atoms with Crippen LogP contribution in [0.1, 0.15) is 28.7 Å². The number of nitrogens with one attached hydrogen (secondary N) is 1. The molecule has 1 aromatic heterocycles. The lowest BCUT2D eigenvalue weighted by atomic mass is 9.96. The fraction of sp³-hybridized carbons (Fsp3) is 0.438. The predicted molar refractivity (Wildman–Crippen MR) is 153 cm³/mol. The third-order valence-corrected chi connectivity index (χ3v) is 8.78. The van der Waals surface area contributed by atoms with E-state index < -0.39 is 5.41 Å². The van der Waals surface area contributed by atoms with E-state index in [0.717, 1.165) is 72.2 Å². The van der Waals surface area contributed by atoms with Crippen molar-refractivity contribution in [2.45, 2.75) is 39.0 Å². The molecule has 1 N–H and O–H groups in total. The number of anilines is 1. The highest BCUT2D eigenvalue weighted by Gasteiger charge is 2.71. The second kappa shape index (κ2) is 10.7. The van der Waals surface area contributed by atoms with Gasteiger partial charge in [0.25, 0.3) is 0 Å². The van der Waals surface area contributed by atoms with Crippen LogP contribution in [0.5, 0.6) is 11.5 Å². The quantitative estimate of drug-likeness (QED) is 0.400. The van der Waals surface area contributed by atoms with Gasteiger partial charge < -0.3 is 29.2 Å². The van der Waals surface area contributed by atoms with Gasteiger partial charge in [0.05, 0.1) is 38.0 Å². The molecule has 0 unspecified atom stereocenters. The zero-order valence-electron chi connectivity index (χ0n) is 23.7. The molecule has 8 heteroatoms. The summed E-state index contributed by atoms with van der Waals surface area (Å²) in [5.74, 6) is 2.65. The van der Waals surface area contributed by atoms with Crippen molar-refractivity contribution >= 4 is 11.8 Å². The van der Waals surface area contributed by atoms with E-state index in [4.69, 9.17) is 23.9 Å². The number of piperidine rings is 1. The monoisotopic (exact) mass is 543 g/mol. The van der Waals surface area contributed by atoms with E-state index in [1.54, 1.807) is 14.2 Å². The second-order valence-corrected chi connectivity index (χ2v) is 11.0. The van der Waals surface area contributed by atoms with Gasteiger partial charge in [0.1, 0.15) is 23.9 Å². The molecule has 3 atom stereocenters.